The smallest absolute Gasteiger partial charge is 0.246 e. The van der Waals surface area contributed by atoms with Crippen LogP contribution < -0.4 is 5.32 Å². The van der Waals surface area contributed by atoms with Crippen molar-refractivity contribution >= 4 is 11.8 Å². The number of likely N-dealkylation sites (tertiary alicyclic amines) is 1. The minimum absolute atomic E-state index is 0.114. The Kier molecular flexibility index (Phi) is 3.24. The summed E-state index contributed by atoms with van der Waals surface area (Å²) in [6.45, 7) is 2.65. The number of amides is 2. The number of imide groups is 1. The van der Waals surface area contributed by atoms with Crippen LogP contribution >= 0.6 is 0 Å². The topological polar surface area (TPSA) is 49.4 Å². The lowest BCUT2D eigenvalue weighted by molar-refractivity contribution is -0.137. The van der Waals surface area contributed by atoms with Crippen molar-refractivity contribution < 1.29 is 9.59 Å². The molecule has 0 spiro atoms. The first kappa shape index (κ1) is 11.8. The Labute approximate surface area is 101 Å². The molecule has 1 fully saturated rings. The Morgan fingerprint density at radius 2 is 2.06 bits per heavy atom. The summed E-state index contributed by atoms with van der Waals surface area (Å²) in [5.41, 5.74) is 2.34. The van der Waals surface area contributed by atoms with Gasteiger partial charge in [0.15, 0.2) is 0 Å². The average molecular weight is 232 g/mol. The van der Waals surface area contributed by atoms with E-state index in [1.54, 1.807) is 0 Å². The van der Waals surface area contributed by atoms with Gasteiger partial charge in [0.2, 0.25) is 11.8 Å². The van der Waals surface area contributed by atoms with Gasteiger partial charge in [-0.05, 0) is 18.1 Å². The molecule has 2 amide bonds. The zero-order valence-corrected chi connectivity index (χ0v) is 10.1. The van der Waals surface area contributed by atoms with E-state index in [0.29, 0.717) is 6.54 Å². The standard InChI is InChI=1S/C13H16N2O2/c1-9-5-3-4-6-10(9)8-14-11-7-12(16)15(2)13(11)17/h3-6,11,14H,7-8H2,1-2H3. The third-order valence-electron chi connectivity index (χ3n) is 3.18. The van der Waals surface area contributed by atoms with Crippen LogP contribution in [0.3, 0.4) is 0 Å². The van der Waals surface area contributed by atoms with Crippen LogP contribution in [0.15, 0.2) is 24.3 Å². The lowest BCUT2D eigenvalue weighted by Crippen LogP contribution is -2.36. The highest BCUT2D eigenvalue weighted by molar-refractivity contribution is 6.05. The predicted molar refractivity (Wildman–Crippen MR) is 64.2 cm³/mol. The molecule has 0 aliphatic carbocycles. The predicted octanol–water partition coefficient (Wildman–Crippen LogP) is 0.842. The van der Waals surface area contributed by atoms with Crippen LogP contribution in [-0.2, 0) is 16.1 Å². The fraction of sp³-hybridized carbons (Fsp3) is 0.385. The second-order valence-electron chi connectivity index (χ2n) is 4.36. The van der Waals surface area contributed by atoms with Crippen molar-refractivity contribution in [1.29, 1.82) is 0 Å². The van der Waals surface area contributed by atoms with Crippen molar-refractivity contribution in [2.45, 2.75) is 25.9 Å². The van der Waals surface area contributed by atoms with Gasteiger partial charge in [0.25, 0.3) is 0 Å². The Morgan fingerprint density at radius 1 is 1.35 bits per heavy atom. The van der Waals surface area contributed by atoms with E-state index >= 15 is 0 Å². The summed E-state index contributed by atoms with van der Waals surface area (Å²) in [6, 6.07) is 7.64. The van der Waals surface area contributed by atoms with E-state index < -0.39 is 0 Å². The highest BCUT2D eigenvalue weighted by Crippen LogP contribution is 2.12. The number of hydrogen-bond acceptors (Lipinski definition) is 3. The SMILES string of the molecule is Cc1ccccc1CNC1CC(=O)N(C)C1=O. The van der Waals surface area contributed by atoms with Gasteiger partial charge in [-0.25, -0.2) is 0 Å². The lowest BCUT2D eigenvalue weighted by atomic mass is 10.1. The molecule has 17 heavy (non-hydrogen) atoms. The third-order valence-corrected chi connectivity index (χ3v) is 3.18. The molecule has 2 rings (SSSR count). The number of hydrogen-bond donors (Lipinski definition) is 1. The Hall–Kier alpha value is -1.68. The molecule has 0 saturated carbocycles. The fourth-order valence-corrected chi connectivity index (χ4v) is 1.96. The third kappa shape index (κ3) is 2.36. The minimum atomic E-state index is -0.368. The number of aryl methyl sites for hydroxylation is 1. The van der Waals surface area contributed by atoms with Crippen LogP contribution in [0.4, 0.5) is 0 Å². The summed E-state index contributed by atoms with van der Waals surface area (Å²) in [5.74, 6) is -0.249. The second-order valence-corrected chi connectivity index (χ2v) is 4.36. The van der Waals surface area contributed by atoms with Crippen LogP contribution in [0.25, 0.3) is 0 Å². The summed E-state index contributed by atoms with van der Waals surface area (Å²) in [4.78, 5) is 24.2. The summed E-state index contributed by atoms with van der Waals surface area (Å²) >= 11 is 0. The molecule has 1 aliphatic heterocycles. The maximum Gasteiger partial charge on any atom is 0.246 e. The van der Waals surface area contributed by atoms with Crippen LogP contribution in [0, 0.1) is 6.92 Å². The number of likely N-dealkylation sites (N-methyl/N-ethyl adjacent to an activating group) is 1. The number of rotatable bonds is 3. The van der Waals surface area contributed by atoms with Gasteiger partial charge in [-0.3, -0.25) is 14.5 Å². The van der Waals surface area contributed by atoms with E-state index in [2.05, 4.69) is 5.32 Å². The van der Waals surface area contributed by atoms with Crippen LogP contribution in [-0.4, -0.2) is 29.8 Å². The van der Waals surface area contributed by atoms with Crippen molar-refractivity contribution in [3.8, 4) is 0 Å². The van der Waals surface area contributed by atoms with Crippen LogP contribution in [0.1, 0.15) is 17.5 Å². The van der Waals surface area contributed by atoms with Gasteiger partial charge in [0.05, 0.1) is 12.5 Å². The van der Waals surface area contributed by atoms with Gasteiger partial charge in [0, 0.05) is 13.6 Å². The molecule has 1 N–H and O–H groups in total. The Morgan fingerprint density at radius 3 is 2.65 bits per heavy atom. The highest BCUT2D eigenvalue weighted by Gasteiger charge is 2.35. The first-order chi connectivity index (χ1) is 8.09. The molecule has 4 nitrogen and oxygen atoms in total. The first-order valence-corrected chi connectivity index (χ1v) is 5.68. The van der Waals surface area contributed by atoms with Crippen molar-refractivity contribution in [2.75, 3.05) is 7.05 Å². The van der Waals surface area contributed by atoms with Gasteiger partial charge in [-0.15, -0.1) is 0 Å². The summed E-state index contributed by atoms with van der Waals surface area (Å²) < 4.78 is 0. The van der Waals surface area contributed by atoms with Crippen molar-refractivity contribution in [2.24, 2.45) is 0 Å². The molecule has 0 radical (unpaired) electrons. The largest absolute Gasteiger partial charge is 0.301 e. The lowest BCUT2D eigenvalue weighted by Gasteiger charge is -2.12. The van der Waals surface area contributed by atoms with E-state index in [9.17, 15) is 9.59 Å². The minimum Gasteiger partial charge on any atom is -0.301 e. The summed E-state index contributed by atoms with van der Waals surface area (Å²) in [5, 5.41) is 3.14. The van der Waals surface area contributed by atoms with Gasteiger partial charge in [-0.2, -0.15) is 0 Å². The quantitative estimate of drug-likeness (QED) is 0.786. The van der Waals surface area contributed by atoms with Gasteiger partial charge in [0.1, 0.15) is 0 Å². The van der Waals surface area contributed by atoms with Crippen molar-refractivity contribution in [3.05, 3.63) is 35.4 Å². The molecular formula is C13H16N2O2. The molecule has 0 aromatic heterocycles. The van der Waals surface area contributed by atoms with Crippen LogP contribution in [0.2, 0.25) is 0 Å². The Bertz CT molecular complexity index is 456. The number of carbonyl (C=O) groups is 2. The molecular weight excluding hydrogens is 216 g/mol. The monoisotopic (exact) mass is 232 g/mol. The van der Waals surface area contributed by atoms with E-state index in [4.69, 9.17) is 0 Å². The molecule has 1 aromatic rings. The molecule has 1 unspecified atom stereocenters. The number of nitrogens with zero attached hydrogens (tertiary/aromatic N) is 1. The van der Waals surface area contributed by atoms with Crippen LogP contribution in [0.5, 0.6) is 0 Å². The molecule has 1 heterocycles. The van der Waals surface area contributed by atoms with Gasteiger partial charge in [-0.1, -0.05) is 24.3 Å². The highest BCUT2D eigenvalue weighted by atomic mass is 16.2. The maximum atomic E-state index is 11.7. The molecule has 1 saturated heterocycles. The first-order valence-electron chi connectivity index (χ1n) is 5.68. The zero-order chi connectivity index (χ0) is 12.4. The maximum absolute atomic E-state index is 11.7. The average Bonchev–Trinajstić information content (AvgIpc) is 2.56. The molecule has 1 aliphatic rings. The molecule has 90 valence electrons. The van der Waals surface area contributed by atoms with E-state index in [1.165, 1.54) is 17.5 Å². The van der Waals surface area contributed by atoms with E-state index in [-0.39, 0.29) is 24.3 Å². The van der Waals surface area contributed by atoms with Crippen molar-refractivity contribution in [3.63, 3.8) is 0 Å². The van der Waals surface area contributed by atoms with Gasteiger partial charge < -0.3 is 5.32 Å². The van der Waals surface area contributed by atoms with Crippen molar-refractivity contribution in [1.82, 2.24) is 10.2 Å². The number of carbonyl (C=O) groups excluding carboxylic acids is 2. The van der Waals surface area contributed by atoms with E-state index in [0.717, 1.165) is 5.56 Å². The summed E-state index contributed by atoms with van der Waals surface area (Å²) in [7, 11) is 1.53. The van der Waals surface area contributed by atoms with Gasteiger partial charge >= 0.3 is 0 Å². The Balaban J connectivity index is 1.98. The molecule has 0 bridgehead atoms. The fourth-order valence-electron chi connectivity index (χ4n) is 1.96. The normalized spacial score (nSPS) is 20.1. The number of nitrogens with one attached hydrogen (secondary N) is 1. The van der Waals surface area contributed by atoms with E-state index in [1.807, 2.05) is 31.2 Å². The zero-order valence-electron chi connectivity index (χ0n) is 10.1. The second kappa shape index (κ2) is 4.67. The number of benzene rings is 1. The molecule has 1 atom stereocenters. The summed E-state index contributed by atoms with van der Waals surface area (Å²) in [6.07, 6.45) is 0.265. The molecule has 1 aromatic carbocycles. The molecule has 4 heteroatoms.